The highest BCUT2D eigenvalue weighted by Gasteiger charge is 2.28. The molecule has 1 N–H and O–H groups in total. The number of morpholine rings is 1. The summed E-state index contributed by atoms with van der Waals surface area (Å²) in [6.07, 6.45) is 1.78. The van der Waals surface area contributed by atoms with Crippen LogP contribution in [-0.4, -0.2) is 61.6 Å². The molecule has 1 unspecified atom stereocenters. The van der Waals surface area contributed by atoms with Crippen LogP contribution >= 0.6 is 11.3 Å². The second kappa shape index (κ2) is 8.45. The summed E-state index contributed by atoms with van der Waals surface area (Å²) < 4.78 is 12.1. The van der Waals surface area contributed by atoms with E-state index in [4.69, 9.17) is 9.47 Å². The van der Waals surface area contributed by atoms with Crippen molar-refractivity contribution in [1.82, 2.24) is 9.97 Å². The van der Waals surface area contributed by atoms with Crippen LogP contribution < -0.4 is 15.1 Å². The van der Waals surface area contributed by atoms with E-state index in [9.17, 15) is 4.79 Å². The fraction of sp³-hybridized carbons (Fsp3) is 0.381. The number of thiophene rings is 1. The number of benzene rings is 1. The molecular formula is C21H23N5O3S. The van der Waals surface area contributed by atoms with Crippen LogP contribution in [0.4, 0.5) is 22.0 Å². The minimum absolute atomic E-state index is 0.164. The van der Waals surface area contributed by atoms with E-state index in [0.29, 0.717) is 6.54 Å². The van der Waals surface area contributed by atoms with Crippen molar-refractivity contribution in [3.63, 3.8) is 0 Å². The minimum Gasteiger partial charge on any atom is -0.444 e. The molecule has 0 aliphatic carbocycles. The molecule has 0 bridgehead atoms. The number of aromatic nitrogens is 2. The lowest BCUT2D eigenvalue weighted by Gasteiger charge is -2.28. The summed E-state index contributed by atoms with van der Waals surface area (Å²) >= 11 is 1.63. The lowest BCUT2D eigenvalue weighted by molar-refractivity contribution is 0.122. The quantitative estimate of drug-likeness (QED) is 0.687. The third kappa shape index (κ3) is 4.03. The van der Waals surface area contributed by atoms with Gasteiger partial charge in [0, 0.05) is 37.4 Å². The number of amides is 1. The number of carbonyl (C=O) groups is 1. The molecule has 2 fully saturated rings. The number of hydrogen-bond donors (Lipinski definition) is 1. The second-order valence-electron chi connectivity index (χ2n) is 7.37. The number of carbonyl (C=O) groups excluding carboxylic acids is 1. The molecule has 0 radical (unpaired) electrons. The van der Waals surface area contributed by atoms with Gasteiger partial charge in [0.05, 0.1) is 30.0 Å². The van der Waals surface area contributed by atoms with Gasteiger partial charge in [-0.3, -0.25) is 5.32 Å². The van der Waals surface area contributed by atoms with Gasteiger partial charge in [-0.25, -0.2) is 14.8 Å². The summed E-state index contributed by atoms with van der Waals surface area (Å²) in [7, 11) is 0. The Hall–Kier alpha value is -2.91. The van der Waals surface area contributed by atoms with E-state index in [1.165, 1.54) is 0 Å². The zero-order chi connectivity index (χ0) is 20.3. The summed E-state index contributed by atoms with van der Waals surface area (Å²) in [5.74, 6) is 0.917. The van der Waals surface area contributed by atoms with Gasteiger partial charge in [-0.1, -0.05) is 0 Å². The van der Waals surface area contributed by atoms with Crippen molar-refractivity contribution in [2.24, 2.45) is 0 Å². The van der Waals surface area contributed by atoms with Crippen molar-refractivity contribution in [3.8, 4) is 0 Å². The molecular weight excluding hydrogens is 402 g/mol. The number of nitrogens with one attached hydrogen (secondary N) is 1. The molecule has 0 spiro atoms. The van der Waals surface area contributed by atoms with Gasteiger partial charge in [-0.15, -0.1) is 11.3 Å². The van der Waals surface area contributed by atoms with Crippen LogP contribution in [0.25, 0.3) is 10.2 Å². The summed E-state index contributed by atoms with van der Waals surface area (Å²) in [6, 6.07) is 9.83. The van der Waals surface area contributed by atoms with Gasteiger partial charge in [-0.2, -0.15) is 0 Å². The van der Waals surface area contributed by atoms with E-state index in [1.54, 1.807) is 17.7 Å². The highest BCUT2D eigenvalue weighted by molar-refractivity contribution is 7.17. The predicted molar refractivity (Wildman–Crippen MR) is 118 cm³/mol. The Bertz CT molecular complexity index is 1020. The topological polar surface area (TPSA) is 79.8 Å². The number of anilines is 3. The van der Waals surface area contributed by atoms with Gasteiger partial charge in [-0.05, 0) is 35.7 Å². The number of hydrogen-bond acceptors (Lipinski definition) is 8. The van der Waals surface area contributed by atoms with Crippen molar-refractivity contribution >= 4 is 44.8 Å². The van der Waals surface area contributed by atoms with E-state index in [2.05, 4.69) is 25.1 Å². The monoisotopic (exact) mass is 425 g/mol. The number of rotatable bonds is 4. The molecule has 2 aliphatic heterocycles. The van der Waals surface area contributed by atoms with Gasteiger partial charge in [0.25, 0.3) is 0 Å². The lowest BCUT2D eigenvalue weighted by Crippen LogP contribution is -2.36. The Kier molecular flexibility index (Phi) is 5.37. The first-order chi connectivity index (χ1) is 14.8. The first kappa shape index (κ1) is 19.1. The average Bonchev–Trinajstić information content (AvgIpc) is 3.44. The van der Waals surface area contributed by atoms with Crippen molar-refractivity contribution in [1.29, 1.82) is 0 Å². The summed E-state index contributed by atoms with van der Waals surface area (Å²) in [5.41, 5.74) is 2.81. The molecule has 2 aromatic heterocycles. The van der Waals surface area contributed by atoms with Crippen molar-refractivity contribution in [2.45, 2.75) is 12.5 Å². The molecule has 30 heavy (non-hydrogen) atoms. The van der Waals surface area contributed by atoms with Gasteiger partial charge in [0.2, 0.25) is 0 Å². The van der Waals surface area contributed by atoms with Crippen molar-refractivity contribution in [2.75, 3.05) is 54.5 Å². The Labute approximate surface area is 178 Å². The SMILES string of the molecule is O=C(Nc1ccc(N2CCOCC2)cc1)OC1CCN(c2ncnc3ccsc23)C1. The van der Waals surface area contributed by atoms with Crippen LogP contribution in [0.3, 0.4) is 0 Å². The van der Waals surface area contributed by atoms with Gasteiger partial charge in [0.1, 0.15) is 18.2 Å². The molecule has 1 aromatic carbocycles. The zero-order valence-electron chi connectivity index (χ0n) is 16.5. The molecule has 2 aliphatic rings. The largest absolute Gasteiger partial charge is 0.444 e. The van der Waals surface area contributed by atoms with Crippen LogP contribution in [0.15, 0.2) is 42.0 Å². The Morgan fingerprint density at radius 3 is 2.77 bits per heavy atom. The summed E-state index contributed by atoms with van der Waals surface area (Å²) in [6.45, 7) is 4.70. The third-order valence-electron chi connectivity index (χ3n) is 5.43. The molecule has 3 aromatic rings. The maximum atomic E-state index is 12.4. The maximum absolute atomic E-state index is 12.4. The Morgan fingerprint density at radius 2 is 1.93 bits per heavy atom. The summed E-state index contributed by atoms with van der Waals surface area (Å²) in [4.78, 5) is 25.5. The first-order valence-electron chi connectivity index (χ1n) is 10.1. The normalized spacial score (nSPS) is 19.3. The van der Waals surface area contributed by atoms with Gasteiger partial charge in [0.15, 0.2) is 0 Å². The Morgan fingerprint density at radius 1 is 1.10 bits per heavy atom. The van der Waals surface area contributed by atoms with E-state index >= 15 is 0 Å². The van der Waals surface area contributed by atoms with E-state index < -0.39 is 6.09 Å². The molecule has 0 saturated carbocycles. The molecule has 1 amide bonds. The van der Waals surface area contributed by atoms with E-state index in [0.717, 1.165) is 66.7 Å². The smallest absolute Gasteiger partial charge is 0.411 e. The van der Waals surface area contributed by atoms with Crippen molar-refractivity contribution < 1.29 is 14.3 Å². The van der Waals surface area contributed by atoms with E-state index in [-0.39, 0.29) is 6.10 Å². The van der Waals surface area contributed by atoms with Gasteiger partial charge < -0.3 is 19.3 Å². The summed E-state index contributed by atoms with van der Waals surface area (Å²) in [5, 5.41) is 4.85. The predicted octanol–water partition coefficient (Wildman–Crippen LogP) is 3.36. The van der Waals surface area contributed by atoms with Crippen LogP contribution in [0.1, 0.15) is 6.42 Å². The molecule has 2 saturated heterocycles. The van der Waals surface area contributed by atoms with Crippen LogP contribution in [0.2, 0.25) is 0 Å². The van der Waals surface area contributed by atoms with Gasteiger partial charge >= 0.3 is 6.09 Å². The second-order valence-corrected chi connectivity index (χ2v) is 8.28. The highest BCUT2D eigenvalue weighted by atomic mass is 32.1. The van der Waals surface area contributed by atoms with Crippen LogP contribution in [-0.2, 0) is 9.47 Å². The molecule has 156 valence electrons. The zero-order valence-corrected chi connectivity index (χ0v) is 17.3. The highest BCUT2D eigenvalue weighted by Crippen LogP contribution is 2.30. The average molecular weight is 426 g/mol. The molecule has 8 nitrogen and oxygen atoms in total. The molecule has 4 heterocycles. The molecule has 1 atom stereocenters. The fourth-order valence-electron chi connectivity index (χ4n) is 3.89. The van der Waals surface area contributed by atoms with Crippen LogP contribution in [0.5, 0.6) is 0 Å². The number of fused-ring (bicyclic) bond motifs is 1. The fourth-order valence-corrected chi connectivity index (χ4v) is 4.76. The Balaban J connectivity index is 1.16. The lowest BCUT2D eigenvalue weighted by atomic mass is 10.2. The standard InChI is InChI=1S/C21H23N5O3S/c27-21(24-15-1-3-16(4-2-15)25-8-10-28-11-9-25)29-17-5-7-26(13-17)20-19-18(6-12-30-19)22-14-23-20/h1-4,6,12,14,17H,5,7-11,13H2,(H,24,27). The third-order valence-corrected chi connectivity index (χ3v) is 6.33. The minimum atomic E-state index is -0.426. The van der Waals surface area contributed by atoms with E-state index in [1.807, 2.05) is 35.7 Å². The van der Waals surface area contributed by atoms with Crippen molar-refractivity contribution in [3.05, 3.63) is 42.0 Å². The van der Waals surface area contributed by atoms with Crippen LogP contribution in [0, 0.1) is 0 Å². The number of ether oxygens (including phenoxy) is 2. The number of nitrogens with zero attached hydrogens (tertiary/aromatic N) is 4. The maximum Gasteiger partial charge on any atom is 0.411 e. The molecule has 5 rings (SSSR count). The molecule has 9 heteroatoms. The first-order valence-corrected chi connectivity index (χ1v) is 11.0.